The number of hydrogen-bond donors (Lipinski definition) is 0. The first kappa shape index (κ1) is 20.1. The summed E-state index contributed by atoms with van der Waals surface area (Å²) in [7, 11) is 0. The van der Waals surface area contributed by atoms with Crippen molar-refractivity contribution in [3.8, 4) is 22.5 Å². The van der Waals surface area contributed by atoms with E-state index in [4.69, 9.17) is 15.0 Å². The topological polar surface area (TPSA) is 56.0 Å². The lowest BCUT2D eigenvalue weighted by Gasteiger charge is -2.11. The molecule has 3 aromatic carbocycles. The second-order valence-corrected chi connectivity index (χ2v) is 9.21. The fourth-order valence-electron chi connectivity index (χ4n) is 5.24. The molecular weight excluding hydrogens is 454 g/mol. The molecular formula is C32H19N5. The van der Waals surface area contributed by atoms with E-state index in [-0.39, 0.29) is 0 Å². The monoisotopic (exact) mass is 473 g/mol. The Morgan fingerprint density at radius 2 is 1.38 bits per heavy atom. The van der Waals surface area contributed by atoms with Crippen LogP contribution in [0.1, 0.15) is 0 Å². The maximum absolute atomic E-state index is 5.16. The van der Waals surface area contributed by atoms with Crippen LogP contribution in [0.25, 0.3) is 71.9 Å². The molecule has 0 unspecified atom stereocenters. The van der Waals surface area contributed by atoms with Crippen molar-refractivity contribution in [2.75, 3.05) is 0 Å². The summed E-state index contributed by atoms with van der Waals surface area (Å²) in [5, 5.41) is 4.29. The van der Waals surface area contributed by atoms with Crippen molar-refractivity contribution in [3.63, 3.8) is 0 Å². The largest absolute Gasteiger partial charge is 0.284 e. The molecule has 0 aliphatic rings. The lowest BCUT2D eigenvalue weighted by molar-refractivity contribution is 1.19. The summed E-state index contributed by atoms with van der Waals surface area (Å²) in [6, 6.07) is 35.3. The van der Waals surface area contributed by atoms with E-state index in [1.807, 2.05) is 54.9 Å². The van der Waals surface area contributed by atoms with Gasteiger partial charge in [0.15, 0.2) is 5.65 Å². The van der Waals surface area contributed by atoms with Gasteiger partial charge in [-0.2, -0.15) is 0 Å². The molecule has 0 spiro atoms. The average molecular weight is 474 g/mol. The zero-order valence-electron chi connectivity index (χ0n) is 19.7. The van der Waals surface area contributed by atoms with Gasteiger partial charge < -0.3 is 0 Å². The summed E-state index contributed by atoms with van der Waals surface area (Å²) in [4.78, 5) is 19.8. The second-order valence-electron chi connectivity index (χ2n) is 9.21. The van der Waals surface area contributed by atoms with Gasteiger partial charge in [-0.15, -0.1) is 0 Å². The van der Waals surface area contributed by atoms with Crippen LogP contribution in [0.4, 0.5) is 0 Å². The third kappa shape index (κ3) is 3.04. The second kappa shape index (κ2) is 7.67. The van der Waals surface area contributed by atoms with Gasteiger partial charge in [0, 0.05) is 45.1 Å². The number of aromatic nitrogens is 5. The van der Waals surface area contributed by atoms with E-state index in [1.165, 1.54) is 0 Å². The summed E-state index contributed by atoms with van der Waals surface area (Å²) < 4.78 is 2.05. The zero-order chi connectivity index (χ0) is 24.3. The lowest BCUT2D eigenvalue weighted by Crippen LogP contribution is -1.93. The van der Waals surface area contributed by atoms with Gasteiger partial charge in [0.05, 0.1) is 22.4 Å². The Morgan fingerprint density at radius 3 is 2.30 bits per heavy atom. The van der Waals surface area contributed by atoms with Gasteiger partial charge in [-0.3, -0.25) is 9.38 Å². The average Bonchev–Trinajstić information content (AvgIpc) is 3.35. The van der Waals surface area contributed by atoms with Gasteiger partial charge in [0.2, 0.25) is 0 Å². The SMILES string of the molecule is c1ccc(-c2nc3c(nc4ccccn43)c3ccc(-c4ccc5ccc6cccnc6c5n4)cc23)cc1. The molecule has 0 radical (unpaired) electrons. The van der Waals surface area contributed by atoms with Crippen molar-refractivity contribution in [2.45, 2.75) is 0 Å². The van der Waals surface area contributed by atoms with Crippen molar-refractivity contribution in [2.24, 2.45) is 0 Å². The number of benzene rings is 3. The van der Waals surface area contributed by atoms with Crippen molar-refractivity contribution in [1.82, 2.24) is 24.3 Å². The standard InChI is InChI=1S/C32H19N5/c1-2-7-20(8-3-1)28-25-19-23(13-15-24(25)31-32(36-28)37-18-5-4-10-27(37)35-31)26-16-14-22-12-11-21-9-6-17-33-29(21)30(22)34-26/h1-19H. The van der Waals surface area contributed by atoms with Crippen LogP contribution in [-0.4, -0.2) is 24.3 Å². The maximum Gasteiger partial charge on any atom is 0.165 e. The fraction of sp³-hybridized carbons (Fsp3) is 0. The molecule has 0 saturated carbocycles. The first-order valence-corrected chi connectivity index (χ1v) is 12.2. The predicted octanol–water partition coefficient (Wildman–Crippen LogP) is 7.47. The van der Waals surface area contributed by atoms with Crippen LogP contribution in [-0.2, 0) is 0 Å². The maximum atomic E-state index is 5.16. The molecule has 0 aliphatic heterocycles. The van der Waals surface area contributed by atoms with E-state index in [0.717, 1.165) is 71.9 Å². The van der Waals surface area contributed by atoms with Crippen LogP contribution in [0.2, 0.25) is 0 Å². The summed E-state index contributed by atoms with van der Waals surface area (Å²) >= 11 is 0. The first-order valence-electron chi connectivity index (χ1n) is 12.2. The third-order valence-electron chi connectivity index (χ3n) is 7.03. The van der Waals surface area contributed by atoms with Gasteiger partial charge in [-0.1, -0.05) is 72.8 Å². The number of fused-ring (bicyclic) bond motifs is 8. The van der Waals surface area contributed by atoms with Crippen LogP contribution >= 0.6 is 0 Å². The van der Waals surface area contributed by atoms with E-state index in [1.54, 1.807) is 0 Å². The van der Waals surface area contributed by atoms with Gasteiger partial charge in [-0.25, -0.2) is 15.0 Å². The molecule has 0 atom stereocenters. The highest BCUT2D eigenvalue weighted by molar-refractivity contribution is 6.11. The Labute approximate surface area is 211 Å². The highest BCUT2D eigenvalue weighted by Crippen LogP contribution is 2.35. The van der Waals surface area contributed by atoms with Gasteiger partial charge in [0.1, 0.15) is 11.2 Å². The van der Waals surface area contributed by atoms with Crippen molar-refractivity contribution < 1.29 is 0 Å². The molecule has 37 heavy (non-hydrogen) atoms. The van der Waals surface area contributed by atoms with Crippen LogP contribution in [0.5, 0.6) is 0 Å². The third-order valence-corrected chi connectivity index (χ3v) is 7.03. The summed E-state index contributed by atoms with van der Waals surface area (Å²) in [6.45, 7) is 0. The Morgan fingerprint density at radius 1 is 0.541 bits per heavy atom. The predicted molar refractivity (Wildman–Crippen MR) is 149 cm³/mol. The molecule has 0 N–H and O–H groups in total. The molecule has 8 aromatic rings. The number of imidazole rings is 1. The normalized spacial score (nSPS) is 11.8. The van der Waals surface area contributed by atoms with Crippen LogP contribution in [0.3, 0.4) is 0 Å². The molecule has 5 aromatic heterocycles. The summed E-state index contributed by atoms with van der Waals surface area (Å²) in [5.74, 6) is 0. The molecule has 0 fully saturated rings. The molecule has 0 bridgehead atoms. The molecule has 0 aliphatic carbocycles. The van der Waals surface area contributed by atoms with Gasteiger partial charge in [0.25, 0.3) is 0 Å². The Hall–Kier alpha value is -5.16. The summed E-state index contributed by atoms with van der Waals surface area (Å²) in [6.07, 6.45) is 3.84. The Bertz CT molecular complexity index is 2150. The minimum Gasteiger partial charge on any atom is -0.284 e. The van der Waals surface area contributed by atoms with Crippen molar-refractivity contribution >= 4 is 49.4 Å². The highest BCUT2D eigenvalue weighted by atomic mass is 15.1. The Kier molecular flexibility index (Phi) is 4.16. The Balaban J connectivity index is 1.43. The minimum atomic E-state index is 0.857. The van der Waals surface area contributed by atoms with Crippen LogP contribution in [0, 0.1) is 0 Å². The fourth-order valence-corrected chi connectivity index (χ4v) is 5.24. The molecule has 0 saturated heterocycles. The first-order chi connectivity index (χ1) is 18.3. The quantitative estimate of drug-likeness (QED) is 0.244. The molecule has 5 nitrogen and oxygen atoms in total. The molecule has 172 valence electrons. The zero-order valence-corrected chi connectivity index (χ0v) is 19.7. The van der Waals surface area contributed by atoms with Crippen molar-refractivity contribution in [1.29, 1.82) is 0 Å². The highest BCUT2D eigenvalue weighted by Gasteiger charge is 2.16. The lowest BCUT2D eigenvalue weighted by atomic mass is 9.99. The van der Waals surface area contributed by atoms with E-state index < -0.39 is 0 Å². The number of pyridine rings is 4. The number of hydrogen-bond acceptors (Lipinski definition) is 4. The van der Waals surface area contributed by atoms with Crippen LogP contribution < -0.4 is 0 Å². The summed E-state index contributed by atoms with van der Waals surface area (Å²) in [5.41, 5.74) is 8.41. The van der Waals surface area contributed by atoms with E-state index in [2.05, 4.69) is 70.0 Å². The van der Waals surface area contributed by atoms with E-state index in [0.29, 0.717) is 0 Å². The van der Waals surface area contributed by atoms with Crippen LogP contribution in [0.15, 0.2) is 116 Å². The minimum absolute atomic E-state index is 0.857. The van der Waals surface area contributed by atoms with E-state index in [9.17, 15) is 0 Å². The molecule has 0 amide bonds. The molecule has 5 heteroatoms. The molecule has 5 heterocycles. The smallest absolute Gasteiger partial charge is 0.165 e. The van der Waals surface area contributed by atoms with Crippen molar-refractivity contribution in [3.05, 3.63) is 116 Å². The number of rotatable bonds is 2. The molecule has 8 rings (SSSR count). The van der Waals surface area contributed by atoms with Gasteiger partial charge in [-0.05, 0) is 30.3 Å². The van der Waals surface area contributed by atoms with E-state index >= 15 is 0 Å². The number of nitrogens with zero attached hydrogens (tertiary/aromatic N) is 5. The van der Waals surface area contributed by atoms with Gasteiger partial charge >= 0.3 is 0 Å².